The van der Waals surface area contributed by atoms with E-state index in [1.807, 2.05) is 0 Å². The normalized spacial score (nSPS) is 12.2. The van der Waals surface area contributed by atoms with Crippen LogP contribution >= 0.6 is 23.2 Å². The first-order valence-corrected chi connectivity index (χ1v) is 5.06. The van der Waals surface area contributed by atoms with Crippen molar-refractivity contribution >= 4 is 29.2 Å². The van der Waals surface area contributed by atoms with Gasteiger partial charge < -0.3 is 9.84 Å². The van der Waals surface area contributed by atoms with Crippen molar-refractivity contribution in [2.24, 2.45) is 5.92 Å². The van der Waals surface area contributed by atoms with E-state index >= 15 is 0 Å². The molecule has 5 heteroatoms. The summed E-state index contributed by atoms with van der Waals surface area (Å²) in [5, 5.41) is 9.55. The quantitative estimate of drug-likeness (QED) is 0.891. The zero-order valence-corrected chi connectivity index (χ0v) is 9.55. The third-order valence-corrected chi connectivity index (χ3v) is 2.19. The first-order valence-electron chi connectivity index (χ1n) is 4.30. The molecule has 0 amide bonds. The topological polar surface area (TPSA) is 46.5 Å². The number of aliphatic carboxylic acids is 1. The summed E-state index contributed by atoms with van der Waals surface area (Å²) in [5.74, 6) is -0.994. The summed E-state index contributed by atoms with van der Waals surface area (Å²) in [6.07, 6.45) is 0. The lowest BCUT2D eigenvalue weighted by atomic mass is 10.2. The number of hydrogen-bond donors (Lipinski definition) is 1. The van der Waals surface area contributed by atoms with Crippen LogP contribution in [-0.2, 0) is 4.79 Å². The fourth-order valence-electron chi connectivity index (χ4n) is 0.904. The minimum Gasteiger partial charge on any atom is -0.493 e. The van der Waals surface area contributed by atoms with Crippen LogP contribution in [0.25, 0.3) is 0 Å². The molecular formula is C10H10Cl2O3. The van der Waals surface area contributed by atoms with Gasteiger partial charge >= 0.3 is 5.97 Å². The number of benzene rings is 1. The highest BCUT2D eigenvalue weighted by Gasteiger charge is 2.11. The van der Waals surface area contributed by atoms with Crippen molar-refractivity contribution in [3.05, 3.63) is 28.2 Å². The Balaban J connectivity index is 2.61. The van der Waals surface area contributed by atoms with Crippen molar-refractivity contribution in [1.29, 1.82) is 0 Å². The van der Waals surface area contributed by atoms with Crippen molar-refractivity contribution in [1.82, 2.24) is 0 Å². The van der Waals surface area contributed by atoms with Gasteiger partial charge in [-0.2, -0.15) is 0 Å². The molecule has 3 nitrogen and oxygen atoms in total. The van der Waals surface area contributed by atoms with E-state index in [0.29, 0.717) is 15.8 Å². The summed E-state index contributed by atoms with van der Waals surface area (Å²) in [6, 6.07) is 4.75. The third-order valence-electron chi connectivity index (χ3n) is 1.76. The number of carbonyl (C=O) groups is 1. The largest absolute Gasteiger partial charge is 0.493 e. The van der Waals surface area contributed by atoms with Gasteiger partial charge in [0.2, 0.25) is 0 Å². The van der Waals surface area contributed by atoms with Gasteiger partial charge in [-0.15, -0.1) is 0 Å². The summed E-state index contributed by atoms with van der Waals surface area (Å²) in [4.78, 5) is 10.5. The van der Waals surface area contributed by atoms with Crippen LogP contribution in [0, 0.1) is 5.92 Å². The number of halogens is 2. The average Bonchev–Trinajstić information content (AvgIpc) is 2.12. The Labute approximate surface area is 97.6 Å². The van der Waals surface area contributed by atoms with Gasteiger partial charge in [-0.3, -0.25) is 4.79 Å². The van der Waals surface area contributed by atoms with E-state index in [0.717, 1.165) is 0 Å². The van der Waals surface area contributed by atoms with E-state index in [9.17, 15) is 4.79 Å². The number of carboxylic acids is 1. The van der Waals surface area contributed by atoms with E-state index < -0.39 is 11.9 Å². The third kappa shape index (κ3) is 3.98. The molecule has 1 rings (SSSR count). The highest BCUT2D eigenvalue weighted by molar-refractivity contribution is 6.34. The molecule has 1 aromatic carbocycles. The Morgan fingerprint density at radius 2 is 1.93 bits per heavy atom. The summed E-state index contributed by atoms with van der Waals surface area (Å²) < 4.78 is 5.24. The van der Waals surface area contributed by atoms with Gasteiger partial charge in [0.1, 0.15) is 12.4 Å². The molecule has 1 unspecified atom stereocenters. The second-order valence-electron chi connectivity index (χ2n) is 3.16. The van der Waals surface area contributed by atoms with E-state index in [2.05, 4.69) is 0 Å². The first-order chi connectivity index (χ1) is 6.99. The van der Waals surface area contributed by atoms with Gasteiger partial charge in [0, 0.05) is 10.0 Å². The Kier molecular flexibility index (Phi) is 4.24. The van der Waals surface area contributed by atoms with Crippen molar-refractivity contribution < 1.29 is 14.6 Å². The summed E-state index contributed by atoms with van der Waals surface area (Å²) in [6.45, 7) is 1.65. The minimum absolute atomic E-state index is 0.0893. The van der Waals surface area contributed by atoms with E-state index in [-0.39, 0.29) is 6.61 Å². The molecule has 0 aromatic heterocycles. The highest BCUT2D eigenvalue weighted by atomic mass is 35.5. The van der Waals surface area contributed by atoms with Crippen molar-refractivity contribution in [2.75, 3.05) is 6.61 Å². The molecule has 0 fully saturated rings. The predicted molar refractivity (Wildman–Crippen MR) is 58.8 cm³/mol. The molecule has 1 atom stereocenters. The summed E-state index contributed by atoms with van der Waals surface area (Å²) in [7, 11) is 0. The zero-order valence-electron chi connectivity index (χ0n) is 8.04. The molecule has 0 heterocycles. The van der Waals surface area contributed by atoms with Crippen LogP contribution in [0.5, 0.6) is 5.75 Å². The molecule has 1 aromatic rings. The molecule has 15 heavy (non-hydrogen) atoms. The summed E-state index contributed by atoms with van der Waals surface area (Å²) >= 11 is 11.5. The van der Waals surface area contributed by atoms with Crippen LogP contribution < -0.4 is 4.74 Å². The molecule has 1 N–H and O–H groups in total. The zero-order chi connectivity index (χ0) is 11.4. The van der Waals surface area contributed by atoms with E-state index in [1.54, 1.807) is 25.1 Å². The van der Waals surface area contributed by atoms with Crippen LogP contribution in [0.3, 0.4) is 0 Å². The lowest BCUT2D eigenvalue weighted by Gasteiger charge is -2.09. The maximum absolute atomic E-state index is 10.5. The smallest absolute Gasteiger partial charge is 0.309 e. The van der Waals surface area contributed by atoms with Gasteiger partial charge in [-0.1, -0.05) is 23.2 Å². The van der Waals surface area contributed by atoms with Crippen molar-refractivity contribution in [3.8, 4) is 5.75 Å². The van der Waals surface area contributed by atoms with E-state index in [4.69, 9.17) is 33.0 Å². The Bertz CT molecular complexity index is 345. The predicted octanol–water partition coefficient (Wildman–Crippen LogP) is 3.09. The molecule has 0 saturated carbocycles. The van der Waals surface area contributed by atoms with Gasteiger partial charge in [-0.05, 0) is 25.1 Å². The molecular weight excluding hydrogens is 239 g/mol. The van der Waals surface area contributed by atoms with Gasteiger partial charge in [0.25, 0.3) is 0 Å². The second-order valence-corrected chi connectivity index (χ2v) is 4.03. The molecule has 0 aliphatic carbocycles. The fourth-order valence-corrected chi connectivity index (χ4v) is 1.41. The fraction of sp³-hybridized carbons (Fsp3) is 0.300. The maximum atomic E-state index is 10.5. The highest BCUT2D eigenvalue weighted by Crippen LogP contribution is 2.24. The number of carboxylic acid groups (broad SMARTS) is 1. The minimum atomic E-state index is -0.900. The Hall–Kier alpha value is -0.930. The van der Waals surface area contributed by atoms with Crippen LogP contribution in [0.4, 0.5) is 0 Å². The molecule has 0 bridgehead atoms. The first kappa shape index (κ1) is 12.1. The summed E-state index contributed by atoms with van der Waals surface area (Å²) in [5.41, 5.74) is 0. The van der Waals surface area contributed by atoms with Crippen LogP contribution in [-0.4, -0.2) is 17.7 Å². The van der Waals surface area contributed by atoms with Crippen LogP contribution in [0.1, 0.15) is 6.92 Å². The molecule has 0 aliphatic rings. The lowest BCUT2D eigenvalue weighted by molar-refractivity contribution is -0.142. The molecule has 0 spiro atoms. The van der Waals surface area contributed by atoms with Crippen molar-refractivity contribution in [3.63, 3.8) is 0 Å². The lowest BCUT2D eigenvalue weighted by Crippen LogP contribution is -2.17. The number of ether oxygens (including phenoxy) is 1. The molecule has 0 radical (unpaired) electrons. The van der Waals surface area contributed by atoms with Gasteiger partial charge in [-0.25, -0.2) is 0 Å². The SMILES string of the molecule is CC(COc1cc(Cl)cc(Cl)c1)C(=O)O. The van der Waals surface area contributed by atoms with Crippen LogP contribution in [0.2, 0.25) is 10.0 Å². The Morgan fingerprint density at radius 1 is 1.40 bits per heavy atom. The number of hydrogen-bond acceptors (Lipinski definition) is 2. The second kappa shape index (κ2) is 5.24. The molecule has 0 saturated heterocycles. The molecule has 0 aliphatic heterocycles. The van der Waals surface area contributed by atoms with Gasteiger partial charge in [0.05, 0.1) is 5.92 Å². The monoisotopic (exact) mass is 248 g/mol. The van der Waals surface area contributed by atoms with E-state index in [1.165, 1.54) is 0 Å². The maximum Gasteiger partial charge on any atom is 0.309 e. The van der Waals surface area contributed by atoms with Crippen molar-refractivity contribution in [2.45, 2.75) is 6.92 Å². The average molecular weight is 249 g/mol. The van der Waals surface area contributed by atoms with Gasteiger partial charge in [0.15, 0.2) is 0 Å². The molecule has 82 valence electrons. The van der Waals surface area contributed by atoms with Crippen LogP contribution in [0.15, 0.2) is 18.2 Å². The number of rotatable bonds is 4. The standard InChI is InChI=1S/C10H10Cl2O3/c1-6(10(13)14)5-15-9-3-7(11)2-8(12)4-9/h2-4,6H,5H2,1H3,(H,13,14). The Morgan fingerprint density at radius 3 is 2.40 bits per heavy atom.